The van der Waals surface area contributed by atoms with Gasteiger partial charge in [0.1, 0.15) is 5.75 Å². The fourth-order valence-corrected chi connectivity index (χ4v) is 2.49. The van der Waals surface area contributed by atoms with Crippen LogP contribution in [0.3, 0.4) is 0 Å². The van der Waals surface area contributed by atoms with Crippen LogP contribution in [-0.2, 0) is 6.54 Å². The molecule has 0 aliphatic heterocycles. The first-order chi connectivity index (χ1) is 10.2. The lowest BCUT2D eigenvalue weighted by Crippen LogP contribution is -2.00. The van der Waals surface area contributed by atoms with Gasteiger partial charge >= 0.3 is 0 Å². The number of rotatable bonds is 3. The van der Waals surface area contributed by atoms with Gasteiger partial charge in [0, 0.05) is 23.6 Å². The van der Waals surface area contributed by atoms with Gasteiger partial charge in [0.05, 0.1) is 24.4 Å². The van der Waals surface area contributed by atoms with E-state index in [0.717, 1.165) is 23.0 Å². The average molecular weight is 277 g/mol. The molecular weight excluding hydrogens is 262 g/mol. The molecule has 0 unspecified atom stereocenters. The fraction of sp³-hybridized carbons (Fsp3) is 0.118. The van der Waals surface area contributed by atoms with Gasteiger partial charge in [-0.15, -0.1) is 0 Å². The second-order valence-corrected chi connectivity index (χ2v) is 4.91. The third kappa shape index (κ3) is 2.41. The molecule has 4 nitrogen and oxygen atoms in total. The molecule has 21 heavy (non-hydrogen) atoms. The minimum absolute atomic E-state index is 0.637. The van der Waals surface area contributed by atoms with Gasteiger partial charge in [-0.25, -0.2) is 0 Å². The van der Waals surface area contributed by atoms with Crippen molar-refractivity contribution in [2.24, 2.45) is 0 Å². The molecule has 3 rings (SSSR count). The number of nitrogen functional groups attached to an aromatic ring is 1. The van der Waals surface area contributed by atoms with Gasteiger partial charge in [-0.2, -0.15) is 5.26 Å². The first-order valence-corrected chi connectivity index (χ1v) is 6.62. The van der Waals surface area contributed by atoms with Crippen LogP contribution in [0.15, 0.2) is 48.7 Å². The highest BCUT2D eigenvalue weighted by atomic mass is 16.5. The van der Waals surface area contributed by atoms with Crippen LogP contribution in [0.1, 0.15) is 11.1 Å². The number of methoxy groups -OCH3 is 1. The van der Waals surface area contributed by atoms with E-state index in [2.05, 4.69) is 10.6 Å². The third-order valence-electron chi connectivity index (χ3n) is 3.55. The molecule has 0 atom stereocenters. The van der Waals surface area contributed by atoms with Crippen molar-refractivity contribution in [3.63, 3.8) is 0 Å². The molecule has 0 spiro atoms. The molecule has 0 amide bonds. The van der Waals surface area contributed by atoms with E-state index in [-0.39, 0.29) is 0 Å². The van der Waals surface area contributed by atoms with Crippen LogP contribution >= 0.6 is 0 Å². The van der Waals surface area contributed by atoms with Crippen LogP contribution < -0.4 is 10.5 Å². The van der Waals surface area contributed by atoms with Gasteiger partial charge in [-0.3, -0.25) is 0 Å². The first kappa shape index (κ1) is 13.1. The summed E-state index contributed by atoms with van der Waals surface area (Å²) in [5.74, 6) is 0.690. The van der Waals surface area contributed by atoms with Crippen molar-refractivity contribution in [2.45, 2.75) is 6.54 Å². The molecule has 0 bridgehead atoms. The highest BCUT2D eigenvalue weighted by Crippen LogP contribution is 2.24. The van der Waals surface area contributed by atoms with E-state index in [9.17, 15) is 0 Å². The fourth-order valence-electron chi connectivity index (χ4n) is 2.49. The zero-order valence-electron chi connectivity index (χ0n) is 11.7. The van der Waals surface area contributed by atoms with Crippen LogP contribution in [0.4, 0.5) is 5.69 Å². The molecule has 2 aromatic carbocycles. The van der Waals surface area contributed by atoms with Crippen molar-refractivity contribution in [1.29, 1.82) is 5.26 Å². The predicted molar refractivity (Wildman–Crippen MR) is 83.2 cm³/mol. The number of aromatic nitrogens is 1. The Morgan fingerprint density at radius 2 is 2.05 bits per heavy atom. The predicted octanol–water partition coefficient (Wildman–Crippen LogP) is 3.15. The van der Waals surface area contributed by atoms with Crippen molar-refractivity contribution < 1.29 is 4.74 Å². The lowest BCUT2D eigenvalue weighted by molar-refractivity contribution is 0.417. The van der Waals surface area contributed by atoms with Crippen LogP contribution in [0.5, 0.6) is 5.75 Å². The van der Waals surface area contributed by atoms with E-state index >= 15 is 0 Å². The smallest absolute Gasteiger partial charge is 0.141 e. The maximum atomic E-state index is 8.94. The standard InChI is InChI=1S/C17H15N3O/c1-21-17-5-3-13(9-15(17)19)11-20-7-6-14-8-12(10-18)2-4-16(14)20/h2-9H,11,19H2,1H3. The highest BCUT2D eigenvalue weighted by molar-refractivity contribution is 5.81. The van der Waals surface area contributed by atoms with Crippen LogP contribution in [0, 0.1) is 11.3 Å². The second-order valence-electron chi connectivity index (χ2n) is 4.91. The van der Waals surface area contributed by atoms with E-state index in [1.165, 1.54) is 0 Å². The Morgan fingerprint density at radius 3 is 2.76 bits per heavy atom. The molecule has 0 aliphatic rings. The Morgan fingerprint density at radius 1 is 1.19 bits per heavy atom. The molecule has 0 radical (unpaired) electrons. The lowest BCUT2D eigenvalue weighted by Gasteiger charge is -2.09. The SMILES string of the molecule is COc1ccc(Cn2ccc3cc(C#N)ccc32)cc1N. The van der Waals surface area contributed by atoms with Gasteiger partial charge in [0.15, 0.2) is 0 Å². The molecule has 0 aliphatic carbocycles. The van der Waals surface area contributed by atoms with E-state index in [4.69, 9.17) is 15.7 Å². The summed E-state index contributed by atoms with van der Waals surface area (Å²) in [6.07, 6.45) is 2.02. The minimum Gasteiger partial charge on any atom is -0.495 e. The second kappa shape index (κ2) is 5.22. The van der Waals surface area contributed by atoms with E-state index < -0.39 is 0 Å². The zero-order valence-corrected chi connectivity index (χ0v) is 11.7. The largest absolute Gasteiger partial charge is 0.495 e. The molecule has 0 saturated heterocycles. The lowest BCUT2D eigenvalue weighted by atomic mass is 10.1. The molecule has 1 heterocycles. The summed E-state index contributed by atoms with van der Waals surface area (Å²) in [4.78, 5) is 0. The number of nitrogens with zero attached hydrogens (tertiary/aromatic N) is 2. The van der Waals surface area contributed by atoms with Gasteiger partial charge in [0.25, 0.3) is 0 Å². The Labute approximate surface area is 123 Å². The van der Waals surface area contributed by atoms with E-state index in [1.807, 2.05) is 48.7 Å². The number of hydrogen-bond donors (Lipinski definition) is 1. The summed E-state index contributed by atoms with van der Waals surface area (Å²) in [6.45, 7) is 0.726. The number of hydrogen-bond acceptors (Lipinski definition) is 3. The summed E-state index contributed by atoms with van der Waals surface area (Å²) < 4.78 is 7.31. The first-order valence-electron chi connectivity index (χ1n) is 6.62. The molecule has 1 aromatic heterocycles. The number of anilines is 1. The third-order valence-corrected chi connectivity index (χ3v) is 3.55. The number of nitrogens with two attached hydrogens (primary N) is 1. The average Bonchev–Trinajstić information content (AvgIpc) is 2.89. The van der Waals surface area contributed by atoms with E-state index in [0.29, 0.717) is 17.0 Å². The summed E-state index contributed by atoms with van der Waals surface area (Å²) in [7, 11) is 1.61. The summed E-state index contributed by atoms with van der Waals surface area (Å²) >= 11 is 0. The van der Waals surface area contributed by atoms with Gasteiger partial charge in [0.2, 0.25) is 0 Å². The molecule has 4 heteroatoms. The van der Waals surface area contributed by atoms with Crippen LogP contribution in [0.2, 0.25) is 0 Å². The van der Waals surface area contributed by atoms with Gasteiger partial charge < -0.3 is 15.0 Å². The highest BCUT2D eigenvalue weighted by Gasteiger charge is 2.05. The Balaban J connectivity index is 1.95. The normalized spacial score (nSPS) is 10.5. The van der Waals surface area contributed by atoms with Crippen molar-refractivity contribution >= 4 is 16.6 Å². The van der Waals surface area contributed by atoms with Crippen molar-refractivity contribution in [1.82, 2.24) is 4.57 Å². The molecule has 3 aromatic rings. The van der Waals surface area contributed by atoms with Crippen molar-refractivity contribution in [3.8, 4) is 11.8 Å². The van der Waals surface area contributed by atoms with Crippen LogP contribution in [-0.4, -0.2) is 11.7 Å². The Hall–Kier alpha value is -2.93. The molecule has 0 saturated carbocycles. The number of nitriles is 1. The van der Waals surface area contributed by atoms with Crippen molar-refractivity contribution in [2.75, 3.05) is 12.8 Å². The van der Waals surface area contributed by atoms with Gasteiger partial charge in [-0.05, 0) is 42.0 Å². The van der Waals surface area contributed by atoms with Crippen LogP contribution in [0.25, 0.3) is 10.9 Å². The topological polar surface area (TPSA) is 64.0 Å². The molecule has 0 fully saturated rings. The van der Waals surface area contributed by atoms with E-state index in [1.54, 1.807) is 7.11 Å². The molecule has 2 N–H and O–H groups in total. The summed E-state index contributed by atoms with van der Waals surface area (Å²) in [6, 6.07) is 15.7. The Bertz CT molecular complexity index is 843. The quantitative estimate of drug-likeness (QED) is 0.748. The monoisotopic (exact) mass is 277 g/mol. The summed E-state index contributed by atoms with van der Waals surface area (Å²) in [5.41, 5.74) is 9.46. The Kier molecular flexibility index (Phi) is 3.25. The number of fused-ring (bicyclic) bond motifs is 1. The zero-order chi connectivity index (χ0) is 14.8. The maximum Gasteiger partial charge on any atom is 0.141 e. The maximum absolute atomic E-state index is 8.94. The molecule has 104 valence electrons. The number of ether oxygens (including phenoxy) is 1. The minimum atomic E-state index is 0.637. The molecular formula is C17H15N3O. The van der Waals surface area contributed by atoms with Crippen molar-refractivity contribution in [3.05, 3.63) is 59.8 Å². The van der Waals surface area contributed by atoms with Gasteiger partial charge in [-0.1, -0.05) is 6.07 Å². The summed E-state index contributed by atoms with van der Waals surface area (Å²) in [5, 5.41) is 10.0. The number of benzene rings is 2.